The van der Waals surface area contributed by atoms with Crippen molar-refractivity contribution in [3.8, 4) is 6.07 Å². The molecule has 3 fully saturated rings. The average molecular weight is 603 g/mol. The topological polar surface area (TPSA) is 118 Å². The van der Waals surface area contributed by atoms with Gasteiger partial charge in [-0.1, -0.05) is 23.7 Å². The molecule has 2 amide bonds. The lowest BCUT2D eigenvalue weighted by Crippen LogP contribution is -2.46. The number of benzene rings is 2. The number of nitrogens with one attached hydrogen (secondary N) is 3. The Morgan fingerprint density at radius 3 is 2.83 bits per heavy atom. The lowest BCUT2D eigenvalue weighted by molar-refractivity contribution is 0.155. The number of likely N-dealkylation sites (tertiary alicyclic amines) is 1. The summed E-state index contributed by atoms with van der Waals surface area (Å²) in [6, 6.07) is 14.0. The lowest BCUT2D eigenvalue weighted by atomic mass is 9.80. The molecular formula is C29H36ClFN6O3S. The molecule has 220 valence electrons. The summed E-state index contributed by atoms with van der Waals surface area (Å²) < 4.78 is 42.3. The summed E-state index contributed by atoms with van der Waals surface area (Å²) in [5.74, 6) is -0.0921. The normalized spacial score (nSPS) is 25.8. The van der Waals surface area contributed by atoms with E-state index >= 15 is 0 Å². The van der Waals surface area contributed by atoms with Crippen molar-refractivity contribution < 1.29 is 17.6 Å². The van der Waals surface area contributed by atoms with Crippen LogP contribution in [0, 0.1) is 23.1 Å². The van der Waals surface area contributed by atoms with Crippen LogP contribution in [0.15, 0.2) is 42.5 Å². The smallest absolute Gasteiger partial charge is 0.321 e. The van der Waals surface area contributed by atoms with Crippen molar-refractivity contribution in [3.05, 3.63) is 64.4 Å². The van der Waals surface area contributed by atoms with Gasteiger partial charge in [0, 0.05) is 37.9 Å². The van der Waals surface area contributed by atoms with Gasteiger partial charge in [0.05, 0.1) is 16.7 Å². The minimum Gasteiger partial charge on any atom is -0.321 e. The number of nitrogens with zero attached hydrogens (tertiary/aromatic N) is 3. The van der Waals surface area contributed by atoms with Crippen LogP contribution in [0.2, 0.25) is 5.02 Å². The number of anilines is 1. The fraction of sp³-hybridized carbons (Fsp3) is 0.517. The molecule has 0 spiro atoms. The summed E-state index contributed by atoms with van der Waals surface area (Å²) in [7, 11) is -2.10. The average Bonchev–Trinajstić information content (AvgIpc) is 3.55. The highest BCUT2D eigenvalue weighted by Gasteiger charge is 2.58. The maximum Gasteiger partial charge on any atom is 0.322 e. The van der Waals surface area contributed by atoms with Crippen molar-refractivity contribution in [2.45, 2.75) is 56.0 Å². The van der Waals surface area contributed by atoms with Crippen molar-refractivity contribution in [1.82, 2.24) is 19.2 Å². The molecular weight excluding hydrogens is 567 g/mol. The highest BCUT2D eigenvalue weighted by molar-refractivity contribution is 7.87. The van der Waals surface area contributed by atoms with E-state index in [1.54, 1.807) is 0 Å². The number of fused-ring (bicyclic) bond motifs is 1. The van der Waals surface area contributed by atoms with E-state index in [-0.39, 0.29) is 28.6 Å². The van der Waals surface area contributed by atoms with Gasteiger partial charge >= 0.3 is 6.03 Å². The number of hydrogen-bond acceptors (Lipinski definition) is 5. The molecule has 3 N–H and O–H groups in total. The van der Waals surface area contributed by atoms with E-state index in [1.165, 1.54) is 30.8 Å². The molecule has 2 aromatic carbocycles. The molecule has 4 atom stereocenters. The maximum atomic E-state index is 13.7. The number of urea groups is 1. The first-order valence-corrected chi connectivity index (χ1v) is 15.9. The van der Waals surface area contributed by atoms with Gasteiger partial charge in [-0.3, -0.25) is 0 Å². The van der Waals surface area contributed by atoms with E-state index in [2.05, 4.69) is 31.8 Å². The van der Waals surface area contributed by atoms with Crippen LogP contribution in [-0.2, 0) is 15.6 Å². The fourth-order valence-electron chi connectivity index (χ4n) is 6.64. The highest BCUT2D eigenvalue weighted by atomic mass is 35.5. The predicted molar refractivity (Wildman–Crippen MR) is 156 cm³/mol. The molecule has 0 bridgehead atoms. The molecule has 1 heterocycles. The molecule has 5 rings (SSSR count). The SMILES string of the molecule is CNS(=O)(=O)NC1CCN(CCCN(C(=O)Nc2ccc(F)c(Cl)c2)[C@@H]2CC[C@]3(c4cccc(C#N)c4)CC3C2)C1. The third kappa shape index (κ3) is 6.84. The van der Waals surface area contributed by atoms with Gasteiger partial charge in [-0.2, -0.15) is 18.4 Å². The standard InChI is InChI=1S/C29H36ClFN6O3S/c1-33-41(39,40)35-24-9-13-36(19-24)11-3-12-37(28(38)34-23-6-7-27(31)26(30)16-23)25-8-10-29(17-22(29)15-25)21-5-2-4-20(14-21)18-32/h2,4-7,14,16,22,24-25,33,35H,3,8-13,15,17,19H2,1H3,(H,34,38)/t22?,24?,25-,29-/m1/s1. The van der Waals surface area contributed by atoms with E-state index < -0.39 is 16.0 Å². The Balaban J connectivity index is 1.23. The number of halogens is 2. The van der Waals surface area contributed by atoms with Crippen molar-refractivity contribution >= 4 is 33.5 Å². The lowest BCUT2D eigenvalue weighted by Gasteiger charge is -2.37. The van der Waals surface area contributed by atoms with Gasteiger partial charge in [0.2, 0.25) is 0 Å². The summed E-state index contributed by atoms with van der Waals surface area (Å²) in [5.41, 5.74) is 2.41. The zero-order valence-electron chi connectivity index (χ0n) is 23.1. The Labute approximate surface area is 246 Å². The number of rotatable bonds is 10. The zero-order chi connectivity index (χ0) is 29.2. The summed E-state index contributed by atoms with van der Waals surface area (Å²) >= 11 is 5.95. The molecule has 2 aliphatic carbocycles. The Bertz CT molecular complexity index is 1440. The third-order valence-corrected chi connectivity index (χ3v) is 10.4. The van der Waals surface area contributed by atoms with Gasteiger partial charge < -0.3 is 15.1 Å². The molecule has 1 saturated heterocycles. The first-order chi connectivity index (χ1) is 19.6. The van der Waals surface area contributed by atoms with E-state index in [0.717, 1.165) is 51.6 Å². The molecule has 1 aliphatic heterocycles. The van der Waals surface area contributed by atoms with Gasteiger partial charge in [0.25, 0.3) is 10.2 Å². The second kappa shape index (κ2) is 12.2. The number of amides is 2. The van der Waals surface area contributed by atoms with Gasteiger partial charge in [0.1, 0.15) is 5.82 Å². The monoisotopic (exact) mass is 602 g/mol. The Morgan fingerprint density at radius 2 is 2.10 bits per heavy atom. The number of carbonyl (C=O) groups excluding carboxylic acids is 1. The van der Waals surface area contributed by atoms with Gasteiger partial charge in [-0.25, -0.2) is 13.9 Å². The molecule has 0 radical (unpaired) electrons. The summed E-state index contributed by atoms with van der Waals surface area (Å²) in [6.45, 7) is 2.69. The number of carbonyl (C=O) groups is 1. The van der Waals surface area contributed by atoms with Crippen LogP contribution in [0.5, 0.6) is 0 Å². The first kappa shape index (κ1) is 29.7. The molecule has 3 aliphatic rings. The molecule has 2 saturated carbocycles. The van der Waals surface area contributed by atoms with Gasteiger partial charge in [0.15, 0.2) is 0 Å². The van der Waals surface area contributed by atoms with Crippen LogP contribution in [0.25, 0.3) is 0 Å². The molecule has 12 heteroatoms. The molecule has 2 aromatic rings. The van der Waals surface area contributed by atoms with Crippen molar-refractivity contribution in [2.24, 2.45) is 5.92 Å². The van der Waals surface area contributed by atoms with E-state index in [1.807, 2.05) is 23.1 Å². The Morgan fingerprint density at radius 1 is 1.27 bits per heavy atom. The Kier molecular flexibility index (Phi) is 8.87. The van der Waals surface area contributed by atoms with Crippen molar-refractivity contribution in [2.75, 3.05) is 38.5 Å². The van der Waals surface area contributed by atoms with Crippen LogP contribution >= 0.6 is 11.6 Å². The molecule has 2 unspecified atom stereocenters. The van der Waals surface area contributed by atoms with E-state index in [0.29, 0.717) is 30.3 Å². The summed E-state index contributed by atoms with van der Waals surface area (Å²) in [6.07, 6.45) is 5.20. The van der Waals surface area contributed by atoms with E-state index in [4.69, 9.17) is 11.6 Å². The van der Waals surface area contributed by atoms with Gasteiger partial charge in [-0.05, 0) is 98.8 Å². The summed E-state index contributed by atoms with van der Waals surface area (Å²) in [5, 5.41) is 12.2. The van der Waals surface area contributed by atoms with Crippen LogP contribution < -0.4 is 14.8 Å². The largest absolute Gasteiger partial charge is 0.322 e. The van der Waals surface area contributed by atoms with Crippen molar-refractivity contribution in [1.29, 1.82) is 5.26 Å². The molecule has 0 aromatic heterocycles. The zero-order valence-corrected chi connectivity index (χ0v) is 24.6. The molecule has 41 heavy (non-hydrogen) atoms. The number of nitriles is 1. The minimum atomic E-state index is -3.49. The second-order valence-electron chi connectivity index (χ2n) is 11.4. The minimum absolute atomic E-state index is 0.0492. The number of hydrogen-bond donors (Lipinski definition) is 3. The Hall–Kier alpha value is -2.75. The summed E-state index contributed by atoms with van der Waals surface area (Å²) in [4.78, 5) is 17.7. The third-order valence-electron chi connectivity index (χ3n) is 8.89. The molecule has 9 nitrogen and oxygen atoms in total. The first-order valence-electron chi connectivity index (χ1n) is 14.1. The van der Waals surface area contributed by atoms with Crippen LogP contribution in [0.1, 0.15) is 49.7 Å². The van der Waals surface area contributed by atoms with Gasteiger partial charge in [-0.15, -0.1) is 0 Å². The van der Waals surface area contributed by atoms with Crippen LogP contribution in [0.3, 0.4) is 0 Å². The quantitative estimate of drug-likeness (QED) is 0.377. The van der Waals surface area contributed by atoms with Crippen LogP contribution in [0.4, 0.5) is 14.9 Å². The van der Waals surface area contributed by atoms with Crippen molar-refractivity contribution in [3.63, 3.8) is 0 Å². The fourth-order valence-corrected chi connectivity index (χ4v) is 7.57. The maximum absolute atomic E-state index is 13.7. The predicted octanol–water partition coefficient (Wildman–Crippen LogP) is 4.21. The van der Waals surface area contributed by atoms with Crippen LogP contribution in [-0.4, -0.2) is 69.6 Å². The van der Waals surface area contributed by atoms with E-state index in [9.17, 15) is 22.9 Å². The second-order valence-corrected chi connectivity index (χ2v) is 13.5. The highest BCUT2D eigenvalue weighted by Crippen LogP contribution is 2.62.